The van der Waals surface area contributed by atoms with Crippen LogP contribution in [0.3, 0.4) is 0 Å². The zero-order valence-electron chi connectivity index (χ0n) is 10.6. The summed E-state index contributed by atoms with van der Waals surface area (Å²) in [6.07, 6.45) is 0. The van der Waals surface area contributed by atoms with Gasteiger partial charge in [-0.3, -0.25) is 0 Å². The Hall–Kier alpha value is -2.08. The zero-order chi connectivity index (χ0) is 14.0. The molecule has 4 nitrogen and oxygen atoms in total. The van der Waals surface area contributed by atoms with Crippen LogP contribution in [-0.4, -0.2) is 17.1 Å². The van der Waals surface area contributed by atoms with Gasteiger partial charge in [-0.15, -0.1) is 0 Å². The average Bonchev–Trinajstić information content (AvgIpc) is 2.40. The number of aromatic nitrogens is 2. The molecule has 0 bridgehead atoms. The highest BCUT2D eigenvalue weighted by Gasteiger charge is 2.14. The molecule has 100 valence electrons. The minimum absolute atomic E-state index is 0.0542. The fourth-order valence-electron chi connectivity index (χ4n) is 1.74. The maximum atomic E-state index is 13.9. The predicted molar refractivity (Wildman–Crippen MR) is 66.6 cm³/mol. The highest BCUT2D eigenvalue weighted by Crippen LogP contribution is 2.28. The second kappa shape index (κ2) is 5.27. The second-order valence-corrected chi connectivity index (χ2v) is 3.98. The monoisotopic (exact) mass is 265 g/mol. The van der Waals surface area contributed by atoms with Crippen molar-refractivity contribution in [2.75, 3.05) is 7.11 Å². The van der Waals surface area contributed by atoms with E-state index >= 15 is 0 Å². The van der Waals surface area contributed by atoms with Crippen LogP contribution in [0.25, 0.3) is 11.3 Å². The van der Waals surface area contributed by atoms with E-state index in [4.69, 9.17) is 10.5 Å². The van der Waals surface area contributed by atoms with Crippen molar-refractivity contribution in [3.8, 4) is 17.0 Å². The molecule has 0 aliphatic heterocycles. The van der Waals surface area contributed by atoms with Gasteiger partial charge in [0.1, 0.15) is 11.6 Å². The van der Waals surface area contributed by atoms with E-state index in [1.165, 1.54) is 7.11 Å². The van der Waals surface area contributed by atoms with Gasteiger partial charge in [0.25, 0.3) is 0 Å². The summed E-state index contributed by atoms with van der Waals surface area (Å²) in [4.78, 5) is 8.18. The van der Waals surface area contributed by atoms with E-state index in [1.54, 1.807) is 13.0 Å². The molecule has 2 aromatic rings. The smallest absolute Gasteiger partial charge is 0.165 e. The Morgan fingerprint density at radius 3 is 2.53 bits per heavy atom. The van der Waals surface area contributed by atoms with Crippen LogP contribution >= 0.6 is 0 Å². The van der Waals surface area contributed by atoms with Crippen molar-refractivity contribution in [3.63, 3.8) is 0 Å². The molecule has 1 heterocycles. The molecular weight excluding hydrogens is 252 g/mol. The molecule has 0 radical (unpaired) electrons. The molecule has 6 heteroatoms. The Morgan fingerprint density at radius 2 is 1.89 bits per heavy atom. The van der Waals surface area contributed by atoms with Gasteiger partial charge in [0.2, 0.25) is 0 Å². The number of aryl methyl sites for hydroxylation is 1. The van der Waals surface area contributed by atoms with Gasteiger partial charge < -0.3 is 10.5 Å². The molecule has 0 spiro atoms. The van der Waals surface area contributed by atoms with Crippen LogP contribution in [0, 0.1) is 18.6 Å². The standard InChI is InChI=1S/C13H13F2N3O/c1-7-3-11(18-13(6-16)17-7)8-4-10(15)12(19-2)5-9(8)14/h3-5H,6,16H2,1-2H3. The molecule has 1 aromatic heterocycles. The van der Waals surface area contributed by atoms with Crippen LogP contribution in [-0.2, 0) is 6.54 Å². The summed E-state index contributed by atoms with van der Waals surface area (Å²) in [6, 6.07) is 3.62. The molecule has 0 amide bonds. The van der Waals surface area contributed by atoms with Gasteiger partial charge in [-0.1, -0.05) is 0 Å². The first-order valence-corrected chi connectivity index (χ1v) is 5.63. The lowest BCUT2D eigenvalue weighted by Gasteiger charge is -2.08. The van der Waals surface area contributed by atoms with Crippen molar-refractivity contribution < 1.29 is 13.5 Å². The van der Waals surface area contributed by atoms with Crippen molar-refractivity contribution in [1.29, 1.82) is 0 Å². The topological polar surface area (TPSA) is 61.0 Å². The van der Waals surface area contributed by atoms with E-state index < -0.39 is 11.6 Å². The third-order valence-electron chi connectivity index (χ3n) is 2.60. The Bertz CT molecular complexity index is 617. The van der Waals surface area contributed by atoms with Crippen molar-refractivity contribution in [2.45, 2.75) is 13.5 Å². The Labute approximate surface area is 109 Å². The molecule has 0 aliphatic rings. The number of hydrogen-bond acceptors (Lipinski definition) is 4. The van der Waals surface area contributed by atoms with E-state index in [-0.39, 0.29) is 17.9 Å². The quantitative estimate of drug-likeness (QED) is 0.924. The third kappa shape index (κ3) is 2.68. The van der Waals surface area contributed by atoms with E-state index in [2.05, 4.69) is 9.97 Å². The Morgan fingerprint density at radius 1 is 1.16 bits per heavy atom. The van der Waals surface area contributed by atoms with E-state index in [1.807, 2.05) is 0 Å². The van der Waals surface area contributed by atoms with Crippen molar-refractivity contribution in [2.24, 2.45) is 5.73 Å². The summed E-state index contributed by atoms with van der Waals surface area (Å²) in [6.45, 7) is 1.87. The number of ether oxygens (including phenoxy) is 1. The highest BCUT2D eigenvalue weighted by atomic mass is 19.1. The summed E-state index contributed by atoms with van der Waals surface area (Å²) >= 11 is 0. The summed E-state index contributed by atoms with van der Waals surface area (Å²) in [5.41, 5.74) is 6.46. The van der Waals surface area contributed by atoms with Crippen LogP contribution in [0.4, 0.5) is 8.78 Å². The van der Waals surface area contributed by atoms with Crippen molar-refractivity contribution in [1.82, 2.24) is 9.97 Å². The predicted octanol–water partition coefficient (Wildman–Crippen LogP) is 2.20. The molecule has 2 rings (SSSR count). The number of hydrogen-bond donors (Lipinski definition) is 1. The molecule has 1 aromatic carbocycles. The van der Waals surface area contributed by atoms with Gasteiger partial charge in [-0.25, -0.2) is 18.7 Å². The van der Waals surface area contributed by atoms with Crippen LogP contribution < -0.4 is 10.5 Å². The normalized spacial score (nSPS) is 10.6. The summed E-state index contributed by atoms with van der Waals surface area (Å²) in [5, 5.41) is 0. The number of halogens is 2. The average molecular weight is 265 g/mol. The molecule has 0 saturated carbocycles. The lowest BCUT2D eigenvalue weighted by Crippen LogP contribution is -2.05. The van der Waals surface area contributed by atoms with Crippen molar-refractivity contribution >= 4 is 0 Å². The SMILES string of the molecule is COc1cc(F)c(-c2cc(C)nc(CN)n2)cc1F. The Kier molecular flexibility index (Phi) is 3.71. The third-order valence-corrected chi connectivity index (χ3v) is 2.60. The van der Waals surface area contributed by atoms with Crippen LogP contribution in [0.15, 0.2) is 18.2 Å². The van der Waals surface area contributed by atoms with Gasteiger partial charge in [0, 0.05) is 17.3 Å². The van der Waals surface area contributed by atoms with Gasteiger partial charge in [-0.05, 0) is 19.1 Å². The Balaban J connectivity index is 2.58. The van der Waals surface area contributed by atoms with Crippen LogP contribution in [0.5, 0.6) is 5.75 Å². The molecule has 19 heavy (non-hydrogen) atoms. The van der Waals surface area contributed by atoms with E-state index in [0.717, 1.165) is 12.1 Å². The second-order valence-electron chi connectivity index (χ2n) is 3.98. The first-order valence-electron chi connectivity index (χ1n) is 5.63. The minimum Gasteiger partial charge on any atom is -0.494 e. The van der Waals surface area contributed by atoms with E-state index in [0.29, 0.717) is 17.2 Å². The fraction of sp³-hybridized carbons (Fsp3) is 0.231. The van der Waals surface area contributed by atoms with Crippen LogP contribution in [0.2, 0.25) is 0 Å². The van der Waals surface area contributed by atoms with Gasteiger partial charge in [0.05, 0.1) is 19.3 Å². The van der Waals surface area contributed by atoms with Crippen LogP contribution in [0.1, 0.15) is 11.5 Å². The number of methoxy groups -OCH3 is 1. The maximum Gasteiger partial charge on any atom is 0.165 e. The summed E-state index contributed by atoms with van der Waals surface area (Å²) < 4.78 is 32.3. The zero-order valence-corrected chi connectivity index (χ0v) is 10.6. The molecule has 0 saturated heterocycles. The highest BCUT2D eigenvalue weighted by molar-refractivity contribution is 5.61. The molecule has 0 unspecified atom stereocenters. The molecule has 0 atom stereocenters. The molecule has 2 N–H and O–H groups in total. The van der Waals surface area contributed by atoms with Gasteiger partial charge >= 0.3 is 0 Å². The maximum absolute atomic E-state index is 13.9. The summed E-state index contributed by atoms with van der Waals surface area (Å²) in [5.74, 6) is -1.03. The molecule has 0 aliphatic carbocycles. The summed E-state index contributed by atoms with van der Waals surface area (Å²) in [7, 11) is 1.28. The lowest BCUT2D eigenvalue weighted by atomic mass is 10.1. The largest absolute Gasteiger partial charge is 0.494 e. The molecule has 0 fully saturated rings. The first kappa shape index (κ1) is 13.4. The van der Waals surface area contributed by atoms with Gasteiger partial charge in [-0.2, -0.15) is 0 Å². The number of benzene rings is 1. The number of nitrogens with zero attached hydrogens (tertiary/aromatic N) is 2. The first-order chi connectivity index (χ1) is 9.05. The van der Waals surface area contributed by atoms with Crippen molar-refractivity contribution in [3.05, 3.63) is 41.4 Å². The number of rotatable bonds is 3. The van der Waals surface area contributed by atoms with E-state index in [9.17, 15) is 8.78 Å². The molecular formula is C13H13F2N3O. The van der Waals surface area contributed by atoms with Gasteiger partial charge in [0.15, 0.2) is 11.6 Å². The fourth-order valence-corrected chi connectivity index (χ4v) is 1.74. The lowest BCUT2D eigenvalue weighted by molar-refractivity contribution is 0.383. The minimum atomic E-state index is -0.649. The number of nitrogens with two attached hydrogens (primary N) is 1.